The molecule has 0 aliphatic heterocycles. The molecule has 1 atom stereocenters. The fourth-order valence-corrected chi connectivity index (χ4v) is 1.81. The molecule has 1 aromatic carbocycles. The van der Waals surface area contributed by atoms with Crippen LogP contribution in [-0.2, 0) is 0 Å². The lowest BCUT2D eigenvalue weighted by atomic mass is 9.99. The van der Waals surface area contributed by atoms with Crippen LogP contribution in [0, 0.1) is 17.2 Å². The Bertz CT molecular complexity index is 447. The molecule has 0 amide bonds. The number of nitrogens with zero attached hydrogens (tertiary/aromatic N) is 1. The number of rotatable bonds is 3. The highest BCUT2D eigenvalue weighted by Gasteiger charge is 2.32. The van der Waals surface area contributed by atoms with Gasteiger partial charge in [-0.3, -0.25) is 0 Å². The number of ether oxygens (including phenoxy) is 1. The number of phenols is 1. The zero-order valence-corrected chi connectivity index (χ0v) is 9.10. The molecule has 3 N–H and O–H groups in total. The van der Waals surface area contributed by atoms with Gasteiger partial charge in [0.2, 0.25) is 0 Å². The molecule has 1 aliphatic rings. The molecule has 4 heteroatoms. The van der Waals surface area contributed by atoms with E-state index in [-0.39, 0.29) is 11.8 Å². The van der Waals surface area contributed by atoms with Gasteiger partial charge in [-0.05, 0) is 24.8 Å². The van der Waals surface area contributed by atoms with E-state index in [0.717, 1.165) is 12.8 Å². The lowest BCUT2D eigenvalue weighted by molar-refractivity contribution is 0.367. The van der Waals surface area contributed by atoms with Crippen LogP contribution in [0.25, 0.3) is 0 Å². The Hall–Kier alpha value is -1.73. The van der Waals surface area contributed by atoms with Gasteiger partial charge < -0.3 is 15.6 Å². The van der Waals surface area contributed by atoms with Crippen molar-refractivity contribution in [2.24, 2.45) is 11.7 Å². The Labute approximate surface area is 94.3 Å². The van der Waals surface area contributed by atoms with E-state index in [0.29, 0.717) is 22.8 Å². The number of hydrogen-bond acceptors (Lipinski definition) is 4. The van der Waals surface area contributed by atoms with Crippen LogP contribution in [0.4, 0.5) is 0 Å². The third kappa shape index (κ3) is 1.82. The molecule has 84 valence electrons. The van der Waals surface area contributed by atoms with Crippen LogP contribution in [0.2, 0.25) is 0 Å². The Morgan fingerprint density at radius 3 is 2.75 bits per heavy atom. The number of nitriles is 1. The maximum Gasteiger partial charge on any atom is 0.162 e. The molecule has 1 fully saturated rings. The van der Waals surface area contributed by atoms with Crippen molar-refractivity contribution in [1.82, 2.24) is 0 Å². The Kier molecular flexibility index (Phi) is 2.71. The van der Waals surface area contributed by atoms with Crippen LogP contribution in [0.5, 0.6) is 11.5 Å². The highest BCUT2D eigenvalue weighted by molar-refractivity contribution is 5.53. The molecule has 1 aromatic rings. The predicted molar refractivity (Wildman–Crippen MR) is 59.0 cm³/mol. The zero-order valence-electron chi connectivity index (χ0n) is 9.10. The summed E-state index contributed by atoms with van der Waals surface area (Å²) in [5.74, 6) is 0.788. The molecule has 0 aromatic heterocycles. The normalized spacial score (nSPS) is 16.6. The minimum Gasteiger partial charge on any atom is -0.504 e. The monoisotopic (exact) mass is 218 g/mol. The lowest BCUT2D eigenvalue weighted by Gasteiger charge is -2.15. The first-order chi connectivity index (χ1) is 7.67. The third-order valence-corrected chi connectivity index (χ3v) is 2.94. The first-order valence-electron chi connectivity index (χ1n) is 5.24. The topological polar surface area (TPSA) is 79.3 Å². The zero-order chi connectivity index (χ0) is 11.7. The van der Waals surface area contributed by atoms with Crippen molar-refractivity contribution < 1.29 is 9.84 Å². The van der Waals surface area contributed by atoms with E-state index in [2.05, 4.69) is 0 Å². The summed E-state index contributed by atoms with van der Waals surface area (Å²) in [7, 11) is 1.46. The molecule has 0 unspecified atom stereocenters. The number of phenolic OH excluding ortho intramolecular Hbond substituents is 1. The molecular formula is C12H14N2O2. The SMILES string of the molecule is COc1cc(C#N)cc([C@@H](N)C2CC2)c1O. The van der Waals surface area contributed by atoms with E-state index in [9.17, 15) is 5.11 Å². The molecular weight excluding hydrogens is 204 g/mol. The fraction of sp³-hybridized carbons (Fsp3) is 0.417. The van der Waals surface area contributed by atoms with E-state index < -0.39 is 0 Å². The second-order valence-corrected chi connectivity index (χ2v) is 4.09. The molecule has 1 saturated carbocycles. The second-order valence-electron chi connectivity index (χ2n) is 4.09. The highest BCUT2D eigenvalue weighted by Crippen LogP contribution is 2.44. The van der Waals surface area contributed by atoms with Crippen LogP contribution in [-0.4, -0.2) is 12.2 Å². The minimum atomic E-state index is -0.206. The van der Waals surface area contributed by atoms with Gasteiger partial charge >= 0.3 is 0 Å². The first kappa shape index (κ1) is 10.8. The van der Waals surface area contributed by atoms with Gasteiger partial charge in [0.25, 0.3) is 0 Å². The van der Waals surface area contributed by atoms with Crippen molar-refractivity contribution in [3.63, 3.8) is 0 Å². The van der Waals surface area contributed by atoms with Gasteiger partial charge in [0.05, 0.1) is 18.7 Å². The maximum absolute atomic E-state index is 9.94. The summed E-state index contributed by atoms with van der Waals surface area (Å²) >= 11 is 0. The molecule has 16 heavy (non-hydrogen) atoms. The first-order valence-corrected chi connectivity index (χ1v) is 5.24. The lowest BCUT2D eigenvalue weighted by Crippen LogP contribution is -2.13. The number of aromatic hydroxyl groups is 1. The summed E-state index contributed by atoms with van der Waals surface area (Å²) in [6, 6.07) is 4.98. The van der Waals surface area contributed by atoms with E-state index in [1.54, 1.807) is 6.07 Å². The van der Waals surface area contributed by atoms with Crippen molar-refractivity contribution in [3.05, 3.63) is 23.3 Å². The van der Waals surface area contributed by atoms with Crippen molar-refractivity contribution >= 4 is 0 Å². The summed E-state index contributed by atoms with van der Waals surface area (Å²) in [6.07, 6.45) is 2.17. The fourth-order valence-electron chi connectivity index (χ4n) is 1.81. The van der Waals surface area contributed by atoms with Crippen LogP contribution in [0.15, 0.2) is 12.1 Å². The average molecular weight is 218 g/mol. The summed E-state index contributed by atoms with van der Waals surface area (Å²) in [4.78, 5) is 0. The minimum absolute atomic E-state index is 0.0564. The van der Waals surface area contributed by atoms with Crippen molar-refractivity contribution in [2.75, 3.05) is 7.11 Å². The van der Waals surface area contributed by atoms with Gasteiger partial charge in [-0.15, -0.1) is 0 Å². The largest absolute Gasteiger partial charge is 0.504 e. The third-order valence-electron chi connectivity index (χ3n) is 2.94. The second kappa shape index (κ2) is 4.03. The van der Waals surface area contributed by atoms with Gasteiger partial charge in [-0.25, -0.2) is 0 Å². The van der Waals surface area contributed by atoms with Crippen molar-refractivity contribution in [2.45, 2.75) is 18.9 Å². The van der Waals surface area contributed by atoms with E-state index in [1.165, 1.54) is 13.2 Å². The van der Waals surface area contributed by atoms with Crippen molar-refractivity contribution in [1.29, 1.82) is 5.26 Å². The predicted octanol–water partition coefficient (Wildman–Crippen LogP) is 1.68. The van der Waals surface area contributed by atoms with Crippen LogP contribution in [0.3, 0.4) is 0 Å². The Balaban J connectivity index is 2.45. The van der Waals surface area contributed by atoms with Gasteiger partial charge in [-0.1, -0.05) is 0 Å². The highest BCUT2D eigenvalue weighted by atomic mass is 16.5. The van der Waals surface area contributed by atoms with Crippen LogP contribution in [0.1, 0.15) is 30.0 Å². The molecule has 2 rings (SSSR count). The molecule has 0 radical (unpaired) electrons. The summed E-state index contributed by atoms with van der Waals surface area (Å²) in [6.45, 7) is 0. The number of methoxy groups -OCH3 is 1. The molecule has 1 aliphatic carbocycles. The molecule has 0 saturated heterocycles. The van der Waals surface area contributed by atoms with E-state index >= 15 is 0 Å². The number of hydrogen-bond donors (Lipinski definition) is 2. The van der Waals surface area contributed by atoms with Crippen LogP contribution < -0.4 is 10.5 Å². The average Bonchev–Trinajstić information content (AvgIpc) is 3.12. The Morgan fingerprint density at radius 2 is 2.25 bits per heavy atom. The van der Waals surface area contributed by atoms with Gasteiger partial charge in [0, 0.05) is 17.7 Å². The van der Waals surface area contributed by atoms with E-state index in [1.807, 2.05) is 6.07 Å². The molecule has 0 spiro atoms. The summed E-state index contributed by atoms with van der Waals surface area (Å²) in [5, 5.41) is 18.8. The quantitative estimate of drug-likeness (QED) is 0.809. The number of nitrogens with two attached hydrogens (primary N) is 1. The van der Waals surface area contributed by atoms with E-state index in [4.69, 9.17) is 15.7 Å². The maximum atomic E-state index is 9.94. The van der Waals surface area contributed by atoms with Crippen LogP contribution >= 0.6 is 0 Å². The molecule has 0 bridgehead atoms. The van der Waals surface area contributed by atoms with Gasteiger partial charge in [-0.2, -0.15) is 5.26 Å². The molecule has 4 nitrogen and oxygen atoms in total. The summed E-state index contributed by atoms with van der Waals surface area (Å²) < 4.78 is 5.02. The van der Waals surface area contributed by atoms with Crippen molar-refractivity contribution in [3.8, 4) is 17.6 Å². The standard InChI is InChI=1S/C12H14N2O2/c1-16-10-5-7(6-13)4-9(12(10)15)11(14)8-2-3-8/h4-5,8,11,15H,2-3,14H2,1H3/t11-/m0/s1. The summed E-state index contributed by atoms with van der Waals surface area (Å²) in [5.41, 5.74) is 7.09. The molecule has 0 heterocycles. The number of benzene rings is 1. The Morgan fingerprint density at radius 1 is 1.56 bits per heavy atom. The smallest absolute Gasteiger partial charge is 0.162 e. The van der Waals surface area contributed by atoms with Gasteiger partial charge in [0.1, 0.15) is 0 Å². The van der Waals surface area contributed by atoms with Gasteiger partial charge in [0.15, 0.2) is 11.5 Å².